The molecule has 1 saturated carbocycles. The SMILES string of the molecule is CC(NCCCN1CCCC1=O)c1ccc(N2CCN(c3ccccc3C(F)(F)F)CC2)c(NC(=O)c2coc(C3CC3)n2)c1. The number of oxazole rings is 1. The van der Waals surface area contributed by atoms with Crippen molar-refractivity contribution in [1.29, 1.82) is 0 Å². The minimum atomic E-state index is -4.43. The van der Waals surface area contributed by atoms with Crippen molar-refractivity contribution in [2.24, 2.45) is 0 Å². The molecule has 9 nitrogen and oxygen atoms in total. The van der Waals surface area contributed by atoms with Gasteiger partial charge in [-0.15, -0.1) is 0 Å². The number of carbonyl (C=O) groups is 2. The molecule has 1 unspecified atom stereocenters. The number of para-hydroxylation sites is 1. The molecule has 0 bridgehead atoms. The summed E-state index contributed by atoms with van der Waals surface area (Å²) in [6.45, 7) is 6.10. The molecule has 2 aromatic carbocycles. The molecule has 3 heterocycles. The van der Waals surface area contributed by atoms with Crippen LogP contribution in [0.15, 0.2) is 53.1 Å². The van der Waals surface area contributed by atoms with E-state index in [4.69, 9.17) is 4.42 Å². The molecule has 45 heavy (non-hydrogen) atoms. The Labute approximate surface area is 260 Å². The van der Waals surface area contributed by atoms with Gasteiger partial charge in [-0.25, -0.2) is 4.98 Å². The van der Waals surface area contributed by atoms with Gasteiger partial charge in [0.05, 0.1) is 16.9 Å². The zero-order valence-corrected chi connectivity index (χ0v) is 25.4. The van der Waals surface area contributed by atoms with Gasteiger partial charge in [0, 0.05) is 63.3 Å². The summed E-state index contributed by atoms with van der Waals surface area (Å²) >= 11 is 0. The van der Waals surface area contributed by atoms with Crippen molar-refractivity contribution < 1.29 is 27.2 Å². The predicted octanol–water partition coefficient (Wildman–Crippen LogP) is 5.81. The molecule has 0 spiro atoms. The van der Waals surface area contributed by atoms with Gasteiger partial charge in [0.15, 0.2) is 11.6 Å². The highest BCUT2D eigenvalue weighted by molar-refractivity contribution is 6.04. The van der Waals surface area contributed by atoms with E-state index in [1.807, 2.05) is 23.1 Å². The fourth-order valence-electron chi connectivity index (χ4n) is 6.12. The number of hydrogen-bond donors (Lipinski definition) is 2. The van der Waals surface area contributed by atoms with Gasteiger partial charge < -0.3 is 29.8 Å². The minimum absolute atomic E-state index is 0.0202. The van der Waals surface area contributed by atoms with Crippen LogP contribution in [0.5, 0.6) is 0 Å². The number of benzene rings is 2. The molecule has 2 N–H and O–H groups in total. The largest absolute Gasteiger partial charge is 0.448 e. The van der Waals surface area contributed by atoms with Crippen LogP contribution < -0.4 is 20.4 Å². The summed E-state index contributed by atoms with van der Waals surface area (Å²) in [6.07, 6.45) is 1.37. The fourth-order valence-corrected chi connectivity index (χ4v) is 6.12. The lowest BCUT2D eigenvalue weighted by Gasteiger charge is -2.39. The van der Waals surface area contributed by atoms with Crippen LogP contribution in [0, 0.1) is 0 Å². The molecule has 3 aliphatic rings. The Kier molecular flexibility index (Phi) is 9.02. The second-order valence-corrected chi connectivity index (χ2v) is 12.1. The van der Waals surface area contributed by atoms with Crippen LogP contribution in [0.3, 0.4) is 0 Å². The molecule has 12 heteroatoms. The predicted molar refractivity (Wildman–Crippen MR) is 166 cm³/mol. The van der Waals surface area contributed by atoms with E-state index in [0.29, 0.717) is 44.2 Å². The molecule has 1 aliphatic carbocycles. The van der Waals surface area contributed by atoms with E-state index < -0.39 is 11.7 Å². The van der Waals surface area contributed by atoms with Crippen LogP contribution in [0.25, 0.3) is 0 Å². The average Bonchev–Trinajstić information content (AvgIpc) is 3.62. The van der Waals surface area contributed by atoms with E-state index >= 15 is 0 Å². The van der Waals surface area contributed by atoms with Crippen LogP contribution in [-0.2, 0) is 11.0 Å². The number of nitrogens with zero attached hydrogens (tertiary/aromatic N) is 4. The number of halogens is 3. The van der Waals surface area contributed by atoms with Crippen LogP contribution in [0.4, 0.5) is 30.2 Å². The quantitative estimate of drug-likeness (QED) is 0.260. The standard InChI is InChI=1S/C33H39F3N6O3/c1-22(37-13-5-15-42-14-4-8-30(42)43)24-11-12-29(26(20-24)38-31(44)27-21-45-32(39-27)23-9-10-23)41-18-16-40(17-19-41)28-7-3-2-6-25(28)33(34,35)36/h2-3,6-7,11-12,20-23,37H,4-5,8-10,13-19H2,1H3,(H,38,44). The van der Waals surface area contributed by atoms with Crippen molar-refractivity contribution in [2.75, 3.05) is 60.9 Å². The van der Waals surface area contributed by atoms with Crippen molar-refractivity contribution in [3.05, 3.63) is 71.4 Å². The zero-order chi connectivity index (χ0) is 31.6. The number of carbonyl (C=O) groups excluding carboxylic acids is 2. The number of hydrogen-bond acceptors (Lipinski definition) is 7. The summed E-state index contributed by atoms with van der Waals surface area (Å²) in [6, 6.07) is 11.6. The van der Waals surface area contributed by atoms with Gasteiger partial charge in [-0.1, -0.05) is 18.2 Å². The number of anilines is 3. The van der Waals surface area contributed by atoms with Gasteiger partial charge in [-0.05, 0) is 69.0 Å². The Morgan fingerprint density at radius 2 is 1.78 bits per heavy atom. The highest BCUT2D eigenvalue weighted by Crippen LogP contribution is 2.40. The first-order valence-corrected chi connectivity index (χ1v) is 15.8. The average molecular weight is 625 g/mol. The molecule has 3 fully saturated rings. The number of amides is 2. The first-order valence-electron chi connectivity index (χ1n) is 15.8. The molecule has 0 radical (unpaired) electrons. The Balaban J connectivity index is 1.16. The lowest BCUT2D eigenvalue weighted by atomic mass is 10.0. The van der Waals surface area contributed by atoms with E-state index in [1.165, 1.54) is 18.4 Å². The summed E-state index contributed by atoms with van der Waals surface area (Å²) < 4.78 is 46.6. The molecule has 1 atom stereocenters. The second kappa shape index (κ2) is 13.1. The summed E-state index contributed by atoms with van der Waals surface area (Å²) in [4.78, 5) is 35.4. The first kappa shape index (κ1) is 30.9. The van der Waals surface area contributed by atoms with Crippen LogP contribution in [0.2, 0.25) is 0 Å². The number of piperazine rings is 1. The van der Waals surface area contributed by atoms with E-state index in [1.54, 1.807) is 11.0 Å². The summed E-state index contributed by atoms with van der Waals surface area (Å²) in [5.41, 5.74) is 2.13. The van der Waals surface area contributed by atoms with E-state index in [0.717, 1.165) is 62.6 Å². The highest BCUT2D eigenvalue weighted by atomic mass is 19.4. The molecular formula is C33H39F3N6O3. The lowest BCUT2D eigenvalue weighted by Crippen LogP contribution is -2.47. The third kappa shape index (κ3) is 7.27. The van der Waals surface area contributed by atoms with Gasteiger partial charge in [0.1, 0.15) is 6.26 Å². The van der Waals surface area contributed by atoms with E-state index in [9.17, 15) is 22.8 Å². The number of nitrogens with one attached hydrogen (secondary N) is 2. The molecule has 3 aromatic rings. The van der Waals surface area contributed by atoms with Crippen LogP contribution in [-0.4, -0.2) is 67.5 Å². The Morgan fingerprint density at radius 3 is 2.47 bits per heavy atom. The van der Waals surface area contributed by atoms with Crippen molar-refractivity contribution in [2.45, 2.75) is 57.2 Å². The smallest absolute Gasteiger partial charge is 0.418 e. The molecule has 2 amide bonds. The summed E-state index contributed by atoms with van der Waals surface area (Å²) in [7, 11) is 0. The molecule has 1 aromatic heterocycles. The Hall–Kier alpha value is -4.06. The van der Waals surface area contributed by atoms with Gasteiger partial charge in [-0.3, -0.25) is 9.59 Å². The number of alkyl halides is 3. The molecule has 6 rings (SSSR count). The molecule has 240 valence electrons. The lowest BCUT2D eigenvalue weighted by molar-refractivity contribution is -0.137. The van der Waals surface area contributed by atoms with Gasteiger partial charge >= 0.3 is 6.18 Å². The molecule has 2 aliphatic heterocycles. The third-order valence-corrected chi connectivity index (χ3v) is 8.85. The van der Waals surface area contributed by atoms with Crippen molar-refractivity contribution in [3.8, 4) is 0 Å². The van der Waals surface area contributed by atoms with Gasteiger partial charge in [0.25, 0.3) is 5.91 Å². The molecular weight excluding hydrogens is 585 g/mol. The van der Waals surface area contributed by atoms with Gasteiger partial charge in [0.2, 0.25) is 5.91 Å². The minimum Gasteiger partial charge on any atom is -0.448 e. The summed E-state index contributed by atoms with van der Waals surface area (Å²) in [5, 5.41) is 6.56. The highest BCUT2D eigenvalue weighted by Gasteiger charge is 2.35. The van der Waals surface area contributed by atoms with Crippen molar-refractivity contribution in [1.82, 2.24) is 15.2 Å². The van der Waals surface area contributed by atoms with Gasteiger partial charge in [-0.2, -0.15) is 13.2 Å². The first-order chi connectivity index (χ1) is 21.7. The normalized spacial score (nSPS) is 18.0. The Bertz CT molecular complexity index is 1510. The topological polar surface area (TPSA) is 94.0 Å². The maximum absolute atomic E-state index is 13.7. The zero-order valence-electron chi connectivity index (χ0n) is 25.4. The maximum Gasteiger partial charge on any atom is 0.418 e. The van der Waals surface area contributed by atoms with Crippen LogP contribution in [0.1, 0.15) is 78.5 Å². The number of aromatic nitrogens is 1. The second-order valence-electron chi connectivity index (χ2n) is 12.1. The third-order valence-electron chi connectivity index (χ3n) is 8.85. The monoisotopic (exact) mass is 624 g/mol. The Morgan fingerprint density at radius 1 is 1.04 bits per heavy atom. The number of rotatable bonds is 11. The van der Waals surface area contributed by atoms with E-state index in [2.05, 4.69) is 27.4 Å². The summed E-state index contributed by atoms with van der Waals surface area (Å²) in [5.74, 6) is 0.705. The fraction of sp³-hybridized carbons (Fsp3) is 0.485. The van der Waals surface area contributed by atoms with Crippen molar-refractivity contribution >= 4 is 28.9 Å². The number of likely N-dealkylation sites (tertiary alicyclic amines) is 1. The maximum atomic E-state index is 13.7. The van der Waals surface area contributed by atoms with Crippen LogP contribution >= 0.6 is 0 Å². The van der Waals surface area contributed by atoms with E-state index in [-0.39, 0.29) is 35.2 Å². The molecule has 2 saturated heterocycles. The van der Waals surface area contributed by atoms with Crippen molar-refractivity contribution in [3.63, 3.8) is 0 Å².